The van der Waals surface area contributed by atoms with Crippen LogP contribution in [0.1, 0.15) is 115 Å². The van der Waals surface area contributed by atoms with Crippen LogP contribution in [0.15, 0.2) is 0 Å². The second-order valence-corrected chi connectivity index (χ2v) is 11.3. The Morgan fingerprint density at radius 1 is 0.333 bits per heavy atom. The van der Waals surface area contributed by atoms with E-state index in [-0.39, 0.29) is 11.6 Å². The predicted octanol–water partition coefficient (Wildman–Crippen LogP) is 8.88. The lowest BCUT2D eigenvalue weighted by Gasteiger charge is -2.20. The third kappa shape index (κ3) is 5.41. The molecular formula is C36H46O3. The largest absolute Gasteiger partial charge is 0.298 e. The summed E-state index contributed by atoms with van der Waals surface area (Å²) in [6.45, 7) is 30.3. The van der Waals surface area contributed by atoms with Gasteiger partial charge in [-0.3, -0.25) is 14.4 Å². The van der Waals surface area contributed by atoms with Gasteiger partial charge >= 0.3 is 0 Å². The zero-order valence-electron chi connectivity index (χ0n) is 26.8. The molecule has 0 amide bonds. The molecule has 0 heterocycles. The first-order chi connectivity index (χ1) is 17.9. The first-order valence-corrected chi connectivity index (χ1v) is 13.7. The summed E-state index contributed by atoms with van der Waals surface area (Å²) < 4.78 is 0. The van der Waals surface area contributed by atoms with E-state index in [4.69, 9.17) is 0 Å². The van der Waals surface area contributed by atoms with Crippen LogP contribution in [-0.4, -0.2) is 17.9 Å². The molecule has 208 valence electrons. The van der Waals surface area contributed by atoms with E-state index in [0.717, 1.165) is 67.5 Å². The molecule has 0 radical (unpaired) electrons. The molecule has 3 rings (SSSR count). The Bertz CT molecular complexity index is 1360. The van der Waals surface area contributed by atoms with Crippen molar-refractivity contribution in [2.45, 2.75) is 104 Å². The molecule has 0 fully saturated rings. The maximum atomic E-state index is 13.3. The molecule has 0 atom stereocenters. The highest BCUT2D eigenvalue weighted by molar-refractivity contribution is 6.50. The minimum Gasteiger partial charge on any atom is -0.298 e. The fourth-order valence-corrected chi connectivity index (χ4v) is 5.61. The van der Waals surface area contributed by atoms with Gasteiger partial charge in [0.2, 0.25) is 11.6 Å². The molecule has 39 heavy (non-hydrogen) atoms. The van der Waals surface area contributed by atoms with E-state index in [1.807, 2.05) is 69.2 Å². The van der Waals surface area contributed by atoms with Crippen molar-refractivity contribution in [1.82, 2.24) is 0 Å². The summed E-state index contributed by atoms with van der Waals surface area (Å²) in [6.07, 6.45) is 0.962. The van der Waals surface area contributed by atoms with E-state index in [9.17, 15) is 14.4 Å². The Hall–Kier alpha value is -3.33. The highest BCUT2D eigenvalue weighted by Crippen LogP contribution is 2.31. The molecule has 0 N–H and O–H groups in total. The topological polar surface area (TPSA) is 51.2 Å². The molecule has 0 aliphatic carbocycles. The highest BCUT2D eigenvalue weighted by Gasteiger charge is 2.28. The summed E-state index contributed by atoms with van der Waals surface area (Å²) in [5, 5.41) is 0. The number of aldehydes is 1. The summed E-state index contributed by atoms with van der Waals surface area (Å²) >= 11 is 0. The second-order valence-electron chi connectivity index (χ2n) is 11.3. The Morgan fingerprint density at radius 3 is 0.718 bits per heavy atom. The summed E-state index contributed by atoms with van der Waals surface area (Å²) in [4.78, 5) is 37.4. The Balaban J connectivity index is 0.000000344. The van der Waals surface area contributed by atoms with Gasteiger partial charge in [0, 0.05) is 16.7 Å². The fourth-order valence-electron chi connectivity index (χ4n) is 5.61. The van der Waals surface area contributed by atoms with Gasteiger partial charge < -0.3 is 0 Å². The van der Waals surface area contributed by atoms with Gasteiger partial charge in [-0.15, -0.1) is 0 Å². The number of Topliss-reactive ketones (excluding diaryl/α,β-unsaturated/α-hetero) is 2. The maximum Gasteiger partial charge on any atom is 0.234 e. The number of carbonyl (C=O) groups is 3. The zero-order chi connectivity index (χ0) is 30.3. The van der Waals surface area contributed by atoms with Crippen LogP contribution in [0.5, 0.6) is 0 Å². The van der Waals surface area contributed by atoms with Gasteiger partial charge in [-0.05, 0) is 187 Å². The second kappa shape index (κ2) is 11.8. The highest BCUT2D eigenvalue weighted by atomic mass is 16.2. The van der Waals surface area contributed by atoms with Crippen molar-refractivity contribution < 1.29 is 14.4 Å². The SMILES string of the molecule is Cc1c(C)c(C)c(C(=O)C(=O)c2c(C)c(C)c(C)c(C)c2C)c(C)c1C.Cc1c(C)c(C)c(C=O)c(C)c1C. The van der Waals surface area contributed by atoms with Crippen LogP contribution in [0.3, 0.4) is 0 Å². The lowest BCUT2D eigenvalue weighted by atomic mass is 9.82. The molecule has 0 bridgehead atoms. The van der Waals surface area contributed by atoms with Gasteiger partial charge in [0.15, 0.2) is 6.29 Å². The standard InChI is InChI=1S/C24H30O2.C12H16O/c1-11-13(3)17(7)21(18(8)14(11)4)23(25)24(26)22-19(9)15(5)12(2)16(6)20(22)10;1-7-8(2)10(4)12(6-13)11(5)9(7)3/h1-10H3;6H,1-5H3. The summed E-state index contributed by atoms with van der Waals surface area (Å²) in [5.41, 5.74) is 18.5. The number of hydrogen-bond donors (Lipinski definition) is 0. The minimum absolute atomic E-state index is 0.389. The van der Waals surface area contributed by atoms with Crippen LogP contribution in [0.25, 0.3) is 0 Å². The molecule has 0 unspecified atom stereocenters. The molecule has 0 spiro atoms. The number of carbonyl (C=O) groups excluding carboxylic acids is 3. The molecule has 0 aromatic heterocycles. The van der Waals surface area contributed by atoms with Crippen LogP contribution in [0.4, 0.5) is 0 Å². The van der Waals surface area contributed by atoms with Crippen molar-refractivity contribution in [2.24, 2.45) is 0 Å². The molecule has 3 aromatic carbocycles. The smallest absolute Gasteiger partial charge is 0.234 e. The van der Waals surface area contributed by atoms with E-state index in [2.05, 4.69) is 34.6 Å². The molecular weight excluding hydrogens is 480 g/mol. The van der Waals surface area contributed by atoms with Crippen LogP contribution in [0, 0.1) is 104 Å². The number of benzene rings is 3. The third-order valence-electron chi connectivity index (χ3n) is 9.84. The molecule has 0 aliphatic heterocycles. The first-order valence-electron chi connectivity index (χ1n) is 13.7. The van der Waals surface area contributed by atoms with Crippen LogP contribution in [-0.2, 0) is 0 Å². The van der Waals surface area contributed by atoms with Gasteiger partial charge in [-0.2, -0.15) is 0 Å². The van der Waals surface area contributed by atoms with Gasteiger partial charge in [-0.1, -0.05) is 0 Å². The quantitative estimate of drug-likeness (QED) is 0.194. The molecule has 3 heteroatoms. The predicted molar refractivity (Wildman–Crippen MR) is 164 cm³/mol. The van der Waals surface area contributed by atoms with Crippen molar-refractivity contribution in [2.75, 3.05) is 0 Å². The lowest BCUT2D eigenvalue weighted by molar-refractivity contribution is 0.0815. The average molecular weight is 527 g/mol. The van der Waals surface area contributed by atoms with Crippen molar-refractivity contribution in [3.63, 3.8) is 0 Å². The van der Waals surface area contributed by atoms with Crippen LogP contribution < -0.4 is 0 Å². The van der Waals surface area contributed by atoms with Crippen molar-refractivity contribution in [3.05, 3.63) is 100 Å². The summed E-state index contributed by atoms with van der Waals surface area (Å²) in [6, 6.07) is 0. The van der Waals surface area contributed by atoms with E-state index in [1.54, 1.807) is 0 Å². The number of rotatable bonds is 4. The summed E-state index contributed by atoms with van der Waals surface area (Å²) in [7, 11) is 0. The molecule has 3 nitrogen and oxygen atoms in total. The van der Waals surface area contributed by atoms with Crippen molar-refractivity contribution in [3.8, 4) is 0 Å². The number of ketones is 2. The molecule has 0 saturated carbocycles. The van der Waals surface area contributed by atoms with Gasteiger partial charge in [0.1, 0.15) is 0 Å². The first kappa shape index (κ1) is 31.9. The fraction of sp³-hybridized carbons (Fsp3) is 0.417. The van der Waals surface area contributed by atoms with Gasteiger partial charge in [-0.25, -0.2) is 0 Å². The summed E-state index contributed by atoms with van der Waals surface area (Å²) in [5.74, 6) is -0.778. The molecule has 3 aromatic rings. The maximum absolute atomic E-state index is 13.3. The zero-order valence-corrected chi connectivity index (χ0v) is 26.8. The van der Waals surface area contributed by atoms with E-state index in [0.29, 0.717) is 11.1 Å². The normalized spacial score (nSPS) is 10.7. The van der Waals surface area contributed by atoms with E-state index < -0.39 is 0 Å². The van der Waals surface area contributed by atoms with Crippen LogP contribution >= 0.6 is 0 Å². The Kier molecular flexibility index (Phi) is 9.66. The van der Waals surface area contributed by atoms with Gasteiger partial charge in [0.25, 0.3) is 0 Å². The Labute approximate surface area is 236 Å². The average Bonchev–Trinajstić information content (AvgIpc) is 2.91. The van der Waals surface area contributed by atoms with E-state index in [1.165, 1.54) is 27.8 Å². The lowest BCUT2D eigenvalue weighted by Crippen LogP contribution is -2.22. The molecule has 0 saturated heterocycles. The Morgan fingerprint density at radius 2 is 0.513 bits per heavy atom. The monoisotopic (exact) mass is 526 g/mol. The van der Waals surface area contributed by atoms with Crippen molar-refractivity contribution in [1.29, 1.82) is 0 Å². The van der Waals surface area contributed by atoms with E-state index >= 15 is 0 Å². The molecule has 0 aliphatic rings. The third-order valence-corrected chi connectivity index (χ3v) is 9.84. The van der Waals surface area contributed by atoms with Crippen molar-refractivity contribution >= 4 is 17.9 Å². The van der Waals surface area contributed by atoms with Crippen LogP contribution in [0.2, 0.25) is 0 Å². The number of hydrogen-bond acceptors (Lipinski definition) is 3. The minimum atomic E-state index is -0.389. The van der Waals surface area contributed by atoms with Gasteiger partial charge in [0.05, 0.1) is 0 Å².